The maximum Gasteiger partial charge on any atom is 0.239 e. The lowest BCUT2D eigenvalue weighted by molar-refractivity contribution is 0.270. The fourth-order valence-electron chi connectivity index (χ4n) is 1.15. The van der Waals surface area contributed by atoms with E-state index < -0.39 is 0 Å². The van der Waals surface area contributed by atoms with Crippen molar-refractivity contribution in [3.05, 3.63) is 11.8 Å². The molecule has 0 fully saturated rings. The molecule has 0 amide bonds. The first kappa shape index (κ1) is 11.7. The smallest absolute Gasteiger partial charge is 0.239 e. The Morgan fingerprint density at radius 3 is 2.80 bits per heavy atom. The van der Waals surface area contributed by atoms with Gasteiger partial charge in [-0.15, -0.1) is 0 Å². The molecule has 0 saturated heterocycles. The zero-order chi connectivity index (χ0) is 11.4. The second-order valence-corrected chi connectivity index (χ2v) is 3.48. The number of anilines is 2. The van der Waals surface area contributed by atoms with E-state index >= 15 is 0 Å². The SMILES string of the molecule is Cc1cc(N(C)C(C)CO)nc(NN)n1. The number of nitrogens with zero attached hydrogens (tertiary/aromatic N) is 3. The van der Waals surface area contributed by atoms with Crippen molar-refractivity contribution >= 4 is 11.8 Å². The second-order valence-electron chi connectivity index (χ2n) is 3.48. The minimum Gasteiger partial charge on any atom is -0.394 e. The molecule has 1 unspecified atom stereocenters. The number of aromatic nitrogens is 2. The summed E-state index contributed by atoms with van der Waals surface area (Å²) >= 11 is 0. The topological polar surface area (TPSA) is 87.3 Å². The van der Waals surface area contributed by atoms with E-state index in [-0.39, 0.29) is 12.6 Å². The van der Waals surface area contributed by atoms with Gasteiger partial charge >= 0.3 is 0 Å². The van der Waals surface area contributed by atoms with Gasteiger partial charge < -0.3 is 10.0 Å². The van der Waals surface area contributed by atoms with E-state index in [0.717, 1.165) is 11.5 Å². The molecule has 4 N–H and O–H groups in total. The van der Waals surface area contributed by atoms with Crippen LogP contribution in [0.1, 0.15) is 12.6 Å². The lowest BCUT2D eigenvalue weighted by Gasteiger charge is -2.24. The van der Waals surface area contributed by atoms with Crippen molar-refractivity contribution in [3.8, 4) is 0 Å². The Kier molecular flexibility index (Phi) is 3.81. The molecular formula is C9H17N5O. The highest BCUT2D eigenvalue weighted by Crippen LogP contribution is 2.14. The summed E-state index contributed by atoms with van der Waals surface area (Å²) in [5.74, 6) is 6.36. The molecule has 0 aliphatic heterocycles. The van der Waals surface area contributed by atoms with Gasteiger partial charge in [-0.3, -0.25) is 5.43 Å². The van der Waals surface area contributed by atoms with Gasteiger partial charge in [0, 0.05) is 18.8 Å². The van der Waals surface area contributed by atoms with Gasteiger partial charge in [-0.1, -0.05) is 0 Å². The van der Waals surface area contributed by atoms with Crippen LogP contribution in [0.3, 0.4) is 0 Å². The highest BCUT2D eigenvalue weighted by molar-refractivity contribution is 5.44. The van der Waals surface area contributed by atoms with Crippen molar-refractivity contribution in [3.63, 3.8) is 0 Å². The Labute approximate surface area is 89.1 Å². The maximum atomic E-state index is 9.04. The van der Waals surface area contributed by atoms with Crippen LogP contribution < -0.4 is 16.2 Å². The van der Waals surface area contributed by atoms with Crippen LogP contribution >= 0.6 is 0 Å². The van der Waals surface area contributed by atoms with Crippen molar-refractivity contribution in [1.29, 1.82) is 0 Å². The number of hydrazine groups is 1. The summed E-state index contributed by atoms with van der Waals surface area (Å²) in [7, 11) is 1.86. The average Bonchev–Trinajstić information content (AvgIpc) is 2.26. The van der Waals surface area contributed by atoms with E-state index in [9.17, 15) is 0 Å². The van der Waals surface area contributed by atoms with Crippen molar-refractivity contribution in [2.75, 3.05) is 24.0 Å². The number of aryl methyl sites for hydroxylation is 1. The third-order valence-corrected chi connectivity index (χ3v) is 2.26. The number of aliphatic hydroxyl groups excluding tert-OH is 1. The zero-order valence-corrected chi connectivity index (χ0v) is 9.23. The maximum absolute atomic E-state index is 9.04. The molecule has 0 spiro atoms. The Morgan fingerprint density at radius 1 is 1.60 bits per heavy atom. The zero-order valence-electron chi connectivity index (χ0n) is 9.23. The van der Waals surface area contributed by atoms with E-state index in [1.54, 1.807) is 0 Å². The van der Waals surface area contributed by atoms with Crippen LogP contribution in [0.25, 0.3) is 0 Å². The number of likely N-dealkylation sites (N-methyl/N-ethyl adjacent to an activating group) is 1. The third kappa shape index (κ3) is 2.77. The Morgan fingerprint density at radius 2 is 2.27 bits per heavy atom. The minimum absolute atomic E-state index is 0.00456. The van der Waals surface area contributed by atoms with E-state index in [1.165, 1.54) is 0 Å². The number of rotatable bonds is 4. The molecule has 1 aromatic heterocycles. The lowest BCUT2D eigenvalue weighted by atomic mass is 10.3. The summed E-state index contributed by atoms with van der Waals surface area (Å²) in [5, 5.41) is 9.04. The molecule has 1 aromatic rings. The van der Waals surface area contributed by atoms with Crippen molar-refractivity contribution in [1.82, 2.24) is 9.97 Å². The van der Waals surface area contributed by atoms with Gasteiger partial charge in [0.25, 0.3) is 0 Å². The predicted octanol–water partition coefficient (Wildman–Crippen LogP) is -0.112. The highest BCUT2D eigenvalue weighted by atomic mass is 16.3. The molecule has 0 bridgehead atoms. The number of hydrogen-bond acceptors (Lipinski definition) is 6. The van der Waals surface area contributed by atoms with Crippen LogP contribution in [0.15, 0.2) is 6.07 Å². The molecule has 0 saturated carbocycles. The summed E-state index contributed by atoms with van der Waals surface area (Å²) < 4.78 is 0. The average molecular weight is 211 g/mol. The van der Waals surface area contributed by atoms with E-state index in [0.29, 0.717) is 5.95 Å². The van der Waals surface area contributed by atoms with Crippen molar-refractivity contribution in [2.24, 2.45) is 5.84 Å². The third-order valence-electron chi connectivity index (χ3n) is 2.26. The Bertz CT molecular complexity index is 330. The summed E-state index contributed by atoms with van der Waals surface area (Å²) in [4.78, 5) is 10.1. The number of nitrogens with two attached hydrogens (primary N) is 1. The molecule has 84 valence electrons. The largest absolute Gasteiger partial charge is 0.394 e. The molecule has 6 nitrogen and oxygen atoms in total. The molecule has 0 aromatic carbocycles. The van der Waals surface area contributed by atoms with Crippen molar-refractivity contribution in [2.45, 2.75) is 19.9 Å². The molecule has 0 aliphatic carbocycles. The number of nitrogen functional groups attached to an aromatic ring is 1. The van der Waals surface area contributed by atoms with Gasteiger partial charge in [0.2, 0.25) is 5.95 Å². The highest BCUT2D eigenvalue weighted by Gasteiger charge is 2.11. The Hall–Kier alpha value is -1.40. The van der Waals surface area contributed by atoms with Gasteiger partial charge in [-0.2, -0.15) is 4.98 Å². The van der Waals surface area contributed by atoms with E-state index in [2.05, 4.69) is 15.4 Å². The fourth-order valence-corrected chi connectivity index (χ4v) is 1.15. The molecule has 0 radical (unpaired) electrons. The van der Waals surface area contributed by atoms with Crippen LogP contribution in [0.5, 0.6) is 0 Å². The minimum atomic E-state index is 0.00456. The van der Waals surface area contributed by atoms with Crippen molar-refractivity contribution < 1.29 is 5.11 Å². The monoisotopic (exact) mass is 211 g/mol. The molecule has 1 rings (SSSR count). The summed E-state index contributed by atoms with van der Waals surface area (Å²) in [6, 6.07) is 1.84. The summed E-state index contributed by atoms with van der Waals surface area (Å²) in [5.41, 5.74) is 3.23. The van der Waals surface area contributed by atoms with Crippen LogP contribution in [0.4, 0.5) is 11.8 Å². The molecular weight excluding hydrogens is 194 g/mol. The molecule has 0 aliphatic rings. The van der Waals surface area contributed by atoms with Crippen LogP contribution in [0, 0.1) is 6.92 Å². The second kappa shape index (κ2) is 4.90. The first-order chi connectivity index (χ1) is 7.08. The van der Waals surface area contributed by atoms with E-state index in [4.69, 9.17) is 10.9 Å². The molecule has 6 heteroatoms. The first-order valence-electron chi connectivity index (χ1n) is 4.74. The number of nitrogens with one attached hydrogen (secondary N) is 1. The summed E-state index contributed by atoms with van der Waals surface area (Å²) in [6.07, 6.45) is 0. The number of hydrogen-bond donors (Lipinski definition) is 3. The fraction of sp³-hybridized carbons (Fsp3) is 0.556. The van der Waals surface area contributed by atoms with E-state index in [1.807, 2.05) is 31.9 Å². The van der Waals surface area contributed by atoms with Gasteiger partial charge in [-0.25, -0.2) is 10.8 Å². The van der Waals surface area contributed by atoms with Crippen LogP contribution in [-0.2, 0) is 0 Å². The predicted molar refractivity (Wildman–Crippen MR) is 59.5 cm³/mol. The number of aliphatic hydroxyl groups is 1. The summed E-state index contributed by atoms with van der Waals surface area (Å²) in [6.45, 7) is 3.85. The Balaban J connectivity index is 2.97. The van der Waals surface area contributed by atoms with Gasteiger partial charge in [-0.05, 0) is 13.8 Å². The van der Waals surface area contributed by atoms with Gasteiger partial charge in [0.15, 0.2) is 0 Å². The normalized spacial score (nSPS) is 12.3. The van der Waals surface area contributed by atoms with Crippen LogP contribution in [-0.4, -0.2) is 34.8 Å². The first-order valence-corrected chi connectivity index (χ1v) is 4.74. The quantitative estimate of drug-likeness (QED) is 0.475. The molecule has 1 atom stereocenters. The van der Waals surface area contributed by atoms with Gasteiger partial charge in [0.1, 0.15) is 5.82 Å². The lowest BCUT2D eigenvalue weighted by Crippen LogP contribution is -2.32. The molecule has 15 heavy (non-hydrogen) atoms. The van der Waals surface area contributed by atoms with Gasteiger partial charge in [0.05, 0.1) is 12.6 Å². The molecule has 1 heterocycles. The van der Waals surface area contributed by atoms with Crippen LogP contribution in [0.2, 0.25) is 0 Å². The standard InChI is InChI=1S/C9H17N5O/c1-6-4-8(12-9(11-6)13-10)14(3)7(2)5-15/h4,7,15H,5,10H2,1-3H3,(H,11,12,13).